The molecule has 4 rings (SSSR count). The van der Waals surface area contributed by atoms with Gasteiger partial charge in [-0.1, -0.05) is 5.21 Å². The Balaban J connectivity index is 1.53. The van der Waals surface area contributed by atoms with Crippen molar-refractivity contribution in [2.24, 2.45) is 5.92 Å². The maximum Gasteiger partial charge on any atom is 0.276 e. The minimum absolute atomic E-state index is 0.0998. The summed E-state index contributed by atoms with van der Waals surface area (Å²) in [4.78, 5) is 16.9. The Bertz CT molecular complexity index is 769. The largest absolute Gasteiger partial charge is 0.335 e. The second kappa shape index (κ2) is 5.66. The van der Waals surface area contributed by atoms with E-state index < -0.39 is 0 Å². The van der Waals surface area contributed by atoms with E-state index in [2.05, 4.69) is 22.3 Å². The molecule has 2 atom stereocenters. The second-order valence-electron chi connectivity index (χ2n) is 6.84. The highest BCUT2D eigenvalue weighted by Gasteiger charge is 2.41. The first kappa shape index (κ1) is 15.3. The number of rotatable bonds is 2. The van der Waals surface area contributed by atoms with Crippen molar-refractivity contribution in [3.8, 4) is 5.69 Å². The number of likely N-dealkylation sites (N-methyl/N-ethyl adjacent to an activating group) is 1. The highest BCUT2D eigenvalue weighted by atomic mass is 19.1. The summed E-state index contributed by atoms with van der Waals surface area (Å²) in [6, 6.07) is 5.09. The minimum Gasteiger partial charge on any atom is -0.335 e. The Morgan fingerprint density at radius 1 is 1.29 bits per heavy atom. The number of likely N-dealkylation sites (tertiary alicyclic amines) is 2. The Kier molecular flexibility index (Phi) is 3.60. The molecule has 126 valence electrons. The van der Waals surface area contributed by atoms with Crippen LogP contribution in [-0.4, -0.2) is 63.4 Å². The molecule has 3 heterocycles. The fourth-order valence-electron chi connectivity index (χ4n) is 3.84. The zero-order chi connectivity index (χ0) is 16.8. The molecular formula is C17H20FN5O. The van der Waals surface area contributed by atoms with Crippen molar-refractivity contribution in [3.63, 3.8) is 0 Å². The molecule has 0 bridgehead atoms. The number of hydrogen-bond acceptors (Lipinski definition) is 4. The molecule has 1 amide bonds. The van der Waals surface area contributed by atoms with Gasteiger partial charge in [0, 0.05) is 19.1 Å². The van der Waals surface area contributed by atoms with Gasteiger partial charge in [0.15, 0.2) is 5.69 Å². The Hall–Kier alpha value is -2.28. The Labute approximate surface area is 139 Å². The molecule has 24 heavy (non-hydrogen) atoms. The average molecular weight is 329 g/mol. The molecule has 0 saturated carbocycles. The van der Waals surface area contributed by atoms with Crippen LogP contribution in [-0.2, 0) is 0 Å². The van der Waals surface area contributed by atoms with E-state index in [9.17, 15) is 9.18 Å². The van der Waals surface area contributed by atoms with Gasteiger partial charge in [0.1, 0.15) is 5.82 Å². The van der Waals surface area contributed by atoms with Crippen molar-refractivity contribution in [2.45, 2.75) is 19.4 Å². The predicted molar refractivity (Wildman–Crippen MR) is 86.5 cm³/mol. The smallest absolute Gasteiger partial charge is 0.276 e. The molecule has 2 aromatic rings. The van der Waals surface area contributed by atoms with Crippen molar-refractivity contribution < 1.29 is 9.18 Å². The van der Waals surface area contributed by atoms with Gasteiger partial charge in [-0.3, -0.25) is 4.79 Å². The summed E-state index contributed by atoms with van der Waals surface area (Å²) in [6.45, 7) is 4.44. The first-order valence-electron chi connectivity index (χ1n) is 8.21. The van der Waals surface area contributed by atoms with Gasteiger partial charge in [-0.25, -0.2) is 9.07 Å². The molecule has 0 aliphatic carbocycles. The first-order valence-corrected chi connectivity index (χ1v) is 8.21. The van der Waals surface area contributed by atoms with Crippen LogP contribution in [0.2, 0.25) is 0 Å². The van der Waals surface area contributed by atoms with Crippen molar-refractivity contribution in [1.82, 2.24) is 24.8 Å². The highest BCUT2D eigenvalue weighted by molar-refractivity contribution is 5.92. The van der Waals surface area contributed by atoms with Gasteiger partial charge in [0.05, 0.1) is 11.9 Å². The standard InChI is InChI=1S/C17H20FN5O/c1-11-5-13(18)7-14(6-11)23-9-15(19-20-23)17(24)22-8-12-3-4-21(2)16(12)10-22/h5-7,9,12,16H,3-4,8,10H2,1-2H3/t12-,16+/m1/s1. The molecule has 0 N–H and O–H groups in total. The quantitative estimate of drug-likeness (QED) is 0.838. The lowest BCUT2D eigenvalue weighted by atomic mass is 10.1. The van der Waals surface area contributed by atoms with Crippen LogP contribution >= 0.6 is 0 Å². The summed E-state index contributed by atoms with van der Waals surface area (Å²) in [5, 5.41) is 7.99. The number of aryl methyl sites for hydroxylation is 1. The van der Waals surface area contributed by atoms with Gasteiger partial charge >= 0.3 is 0 Å². The third-order valence-corrected chi connectivity index (χ3v) is 5.12. The van der Waals surface area contributed by atoms with E-state index in [4.69, 9.17) is 0 Å². The van der Waals surface area contributed by atoms with Gasteiger partial charge < -0.3 is 9.80 Å². The zero-order valence-corrected chi connectivity index (χ0v) is 13.8. The van der Waals surface area contributed by atoms with Crippen LogP contribution in [0.4, 0.5) is 4.39 Å². The van der Waals surface area contributed by atoms with Gasteiger partial charge in [-0.2, -0.15) is 0 Å². The summed E-state index contributed by atoms with van der Waals surface area (Å²) in [5.41, 5.74) is 1.67. The minimum atomic E-state index is -0.330. The normalized spacial score (nSPS) is 23.7. The number of aromatic nitrogens is 3. The Morgan fingerprint density at radius 2 is 2.12 bits per heavy atom. The van der Waals surface area contributed by atoms with Crippen LogP contribution < -0.4 is 0 Å². The number of halogens is 1. The lowest BCUT2D eigenvalue weighted by Crippen LogP contribution is -2.35. The maximum atomic E-state index is 13.6. The van der Waals surface area contributed by atoms with Crippen LogP contribution in [0.25, 0.3) is 5.69 Å². The summed E-state index contributed by atoms with van der Waals surface area (Å²) < 4.78 is 15.0. The van der Waals surface area contributed by atoms with E-state index in [0.29, 0.717) is 23.3 Å². The molecule has 6 nitrogen and oxygen atoms in total. The number of carbonyl (C=O) groups excluding carboxylic acids is 1. The molecule has 0 spiro atoms. The van der Waals surface area contributed by atoms with E-state index >= 15 is 0 Å². The van der Waals surface area contributed by atoms with Crippen molar-refractivity contribution in [3.05, 3.63) is 41.5 Å². The maximum absolute atomic E-state index is 13.6. The molecule has 2 aliphatic rings. The highest BCUT2D eigenvalue weighted by Crippen LogP contribution is 2.30. The van der Waals surface area contributed by atoms with Gasteiger partial charge in [-0.15, -0.1) is 5.10 Å². The van der Waals surface area contributed by atoms with Crippen molar-refractivity contribution in [2.75, 3.05) is 26.7 Å². The van der Waals surface area contributed by atoms with E-state index in [-0.39, 0.29) is 11.7 Å². The summed E-state index contributed by atoms with van der Waals surface area (Å²) in [7, 11) is 2.11. The van der Waals surface area contributed by atoms with Crippen LogP contribution in [0.15, 0.2) is 24.4 Å². The number of hydrogen-bond donors (Lipinski definition) is 0. The van der Waals surface area contributed by atoms with Crippen LogP contribution in [0.3, 0.4) is 0 Å². The third-order valence-electron chi connectivity index (χ3n) is 5.12. The van der Waals surface area contributed by atoms with Crippen LogP contribution in [0.1, 0.15) is 22.5 Å². The van der Waals surface area contributed by atoms with Crippen LogP contribution in [0, 0.1) is 18.7 Å². The zero-order valence-electron chi connectivity index (χ0n) is 13.8. The number of amides is 1. The molecule has 2 aliphatic heterocycles. The lowest BCUT2D eigenvalue weighted by molar-refractivity contribution is 0.0768. The molecule has 0 radical (unpaired) electrons. The summed E-state index contributed by atoms with van der Waals surface area (Å²) in [6.07, 6.45) is 2.72. The van der Waals surface area contributed by atoms with Gasteiger partial charge in [-0.05, 0) is 56.6 Å². The van der Waals surface area contributed by atoms with Crippen molar-refractivity contribution >= 4 is 5.91 Å². The molecule has 7 heteroatoms. The molecule has 0 unspecified atom stereocenters. The average Bonchev–Trinajstić information content (AvgIpc) is 3.23. The molecular weight excluding hydrogens is 309 g/mol. The van der Waals surface area contributed by atoms with Gasteiger partial charge in [0.2, 0.25) is 0 Å². The van der Waals surface area contributed by atoms with Gasteiger partial charge in [0.25, 0.3) is 5.91 Å². The SMILES string of the molecule is Cc1cc(F)cc(-n2cc(C(=O)N3C[C@H]4CCN(C)[C@H]4C3)nn2)c1. The third kappa shape index (κ3) is 2.58. The van der Waals surface area contributed by atoms with E-state index in [1.54, 1.807) is 12.3 Å². The fraction of sp³-hybridized carbons (Fsp3) is 0.471. The predicted octanol–water partition coefficient (Wildman–Crippen LogP) is 1.49. The molecule has 2 saturated heterocycles. The first-order chi connectivity index (χ1) is 11.5. The van der Waals surface area contributed by atoms with E-state index in [0.717, 1.165) is 31.6 Å². The number of carbonyl (C=O) groups is 1. The Morgan fingerprint density at radius 3 is 2.88 bits per heavy atom. The monoisotopic (exact) mass is 329 g/mol. The topological polar surface area (TPSA) is 54.3 Å². The number of benzene rings is 1. The number of fused-ring (bicyclic) bond motifs is 1. The molecule has 1 aromatic carbocycles. The van der Waals surface area contributed by atoms with Crippen molar-refractivity contribution in [1.29, 1.82) is 0 Å². The molecule has 1 aromatic heterocycles. The second-order valence-corrected chi connectivity index (χ2v) is 6.84. The van der Waals surface area contributed by atoms with Crippen LogP contribution in [0.5, 0.6) is 0 Å². The lowest BCUT2D eigenvalue weighted by Gasteiger charge is -2.19. The number of nitrogens with zero attached hydrogens (tertiary/aromatic N) is 5. The summed E-state index contributed by atoms with van der Waals surface area (Å²) in [5.74, 6) is 0.126. The van der Waals surface area contributed by atoms with E-state index in [1.807, 2.05) is 11.8 Å². The van der Waals surface area contributed by atoms with E-state index in [1.165, 1.54) is 16.8 Å². The fourth-order valence-corrected chi connectivity index (χ4v) is 3.84. The molecule has 2 fully saturated rings. The summed E-state index contributed by atoms with van der Waals surface area (Å²) >= 11 is 0.